The van der Waals surface area contributed by atoms with Gasteiger partial charge in [0.05, 0.1) is 10.9 Å². The number of nitrogens with zero attached hydrogens (tertiary/aromatic N) is 1. The maximum atomic E-state index is 11.9. The smallest absolute Gasteiger partial charge is 0.258 e. The maximum absolute atomic E-state index is 11.9. The molecule has 1 N–H and O–H groups in total. The third-order valence-electron chi connectivity index (χ3n) is 2.43. The number of H-pyrrole nitrogens is 1. The molecule has 16 heavy (non-hydrogen) atoms. The van der Waals surface area contributed by atoms with E-state index in [2.05, 4.69) is 9.97 Å². The number of fused-ring (bicyclic) bond motifs is 1. The van der Waals surface area contributed by atoms with Gasteiger partial charge in [0, 0.05) is 5.30 Å². The Hall–Kier alpha value is -1.41. The molecule has 2 rings (SSSR count). The standard InChI is InChI=1S/C11H13N2O2P/c1-7-12-10-5-4-8(16(2,3)15)6-9(10)11(14)13-7/h4-6H,1-3H3,(H,12,13,14). The summed E-state index contributed by atoms with van der Waals surface area (Å²) in [4.78, 5) is 18.5. The summed E-state index contributed by atoms with van der Waals surface area (Å²) in [6, 6.07) is 5.18. The molecule has 4 nitrogen and oxygen atoms in total. The Balaban J connectivity index is 2.82. The molecule has 0 unspecified atom stereocenters. The van der Waals surface area contributed by atoms with E-state index in [-0.39, 0.29) is 5.56 Å². The SMILES string of the molecule is Cc1nc2ccc(P(C)(C)=O)cc2c(=O)[nH]1. The topological polar surface area (TPSA) is 62.8 Å². The van der Waals surface area contributed by atoms with Crippen molar-refractivity contribution in [1.29, 1.82) is 0 Å². The first-order valence-electron chi connectivity index (χ1n) is 4.94. The Morgan fingerprint density at radius 2 is 2.00 bits per heavy atom. The number of aromatic amines is 1. The van der Waals surface area contributed by atoms with Gasteiger partial charge < -0.3 is 9.55 Å². The van der Waals surface area contributed by atoms with Crippen LogP contribution in [0, 0.1) is 6.92 Å². The van der Waals surface area contributed by atoms with Gasteiger partial charge in [0.1, 0.15) is 13.0 Å². The first-order chi connectivity index (χ1) is 7.38. The van der Waals surface area contributed by atoms with Gasteiger partial charge in [0.15, 0.2) is 0 Å². The van der Waals surface area contributed by atoms with Crippen LogP contribution in [0.2, 0.25) is 0 Å². The predicted molar refractivity (Wildman–Crippen MR) is 66.2 cm³/mol. The zero-order valence-corrected chi connectivity index (χ0v) is 10.3. The van der Waals surface area contributed by atoms with Crippen LogP contribution in [0.15, 0.2) is 23.0 Å². The molecule has 0 aliphatic rings. The zero-order valence-electron chi connectivity index (χ0n) is 9.44. The number of nitrogens with one attached hydrogen (secondary N) is 1. The minimum atomic E-state index is -2.33. The van der Waals surface area contributed by atoms with Crippen LogP contribution in [0.1, 0.15) is 5.82 Å². The van der Waals surface area contributed by atoms with Gasteiger partial charge in [-0.2, -0.15) is 0 Å². The number of hydrogen-bond donors (Lipinski definition) is 1. The lowest BCUT2D eigenvalue weighted by Crippen LogP contribution is -2.13. The molecule has 2 aromatic rings. The molecule has 1 aromatic carbocycles. The van der Waals surface area contributed by atoms with E-state index >= 15 is 0 Å². The molecule has 0 saturated carbocycles. The lowest BCUT2D eigenvalue weighted by molar-refractivity contribution is 0.588. The minimum absolute atomic E-state index is 0.183. The number of benzene rings is 1. The average Bonchev–Trinajstić information content (AvgIpc) is 2.15. The van der Waals surface area contributed by atoms with Crippen LogP contribution in [0.5, 0.6) is 0 Å². The fourth-order valence-corrected chi connectivity index (χ4v) is 2.45. The lowest BCUT2D eigenvalue weighted by Gasteiger charge is -2.07. The molecule has 0 bridgehead atoms. The summed E-state index contributed by atoms with van der Waals surface area (Å²) >= 11 is 0. The molecule has 0 aliphatic carbocycles. The highest BCUT2D eigenvalue weighted by atomic mass is 31.2. The summed E-state index contributed by atoms with van der Waals surface area (Å²) in [6.45, 7) is 5.10. The predicted octanol–water partition coefficient (Wildman–Crippen LogP) is 1.48. The summed E-state index contributed by atoms with van der Waals surface area (Å²) in [5.74, 6) is 0.585. The van der Waals surface area contributed by atoms with Crippen molar-refractivity contribution in [2.24, 2.45) is 0 Å². The van der Waals surface area contributed by atoms with Crippen LogP contribution in [0.4, 0.5) is 0 Å². The van der Waals surface area contributed by atoms with Gasteiger partial charge in [-0.05, 0) is 38.5 Å². The normalized spacial score (nSPS) is 11.9. The molecule has 0 amide bonds. The Morgan fingerprint density at radius 1 is 1.31 bits per heavy atom. The number of aromatic nitrogens is 2. The van der Waals surface area contributed by atoms with Crippen LogP contribution in [-0.2, 0) is 4.57 Å². The minimum Gasteiger partial charge on any atom is -0.319 e. The largest absolute Gasteiger partial charge is 0.319 e. The number of aryl methyl sites for hydroxylation is 1. The summed E-state index contributed by atoms with van der Waals surface area (Å²) in [5.41, 5.74) is 0.455. The van der Waals surface area contributed by atoms with E-state index in [0.717, 1.165) is 0 Å². The van der Waals surface area contributed by atoms with Gasteiger partial charge in [-0.25, -0.2) is 4.98 Å². The molecule has 0 fully saturated rings. The molecule has 0 saturated heterocycles. The Bertz CT molecular complexity index is 655. The van der Waals surface area contributed by atoms with Gasteiger partial charge in [-0.15, -0.1) is 0 Å². The highest BCUT2D eigenvalue weighted by molar-refractivity contribution is 7.70. The molecule has 1 heterocycles. The second kappa shape index (κ2) is 3.56. The molecular weight excluding hydrogens is 223 g/mol. The van der Waals surface area contributed by atoms with Crippen molar-refractivity contribution in [2.75, 3.05) is 13.3 Å². The van der Waals surface area contributed by atoms with E-state index in [1.165, 1.54) is 0 Å². The van der Waals surface area contributed by atoms with Gasteiger partial charge >= 0.3 is 0 Å². The highest BCUT2D eigenvalue weighted by Gasteiger charge is 2.12. The number of hydrogen-bond acceptors (Lipinski definition) is 3. The van der Waals surface area contributed by atoms with Crippen LogP contribution in [0.25, 0.3) is 10.9 Å². The molecule has 1 aromatic heterocycles. The van der Waals surface area contributed by atoms with Crippen molar-refractivity contribution in [3.05, 3.63) is 34.4 Å². The Kier molecular flexibility index (Phi) is 2.47. The Morgan fingerprint density at radius 3 is 2.62 bits per heavy atom. The van der Waals surface area contributed by atoms with Crippen LogP contribution in [0.3, 0.4) is 0 Å². The van der Waals surface area contributed by atoms with Gasteiger partial charge in [-0.1, -0.05) is 0 Å². The van der Waals surface area contributed by atoms with Crippen LogP contribution in [-0.4, -0.2) is 23.3 Å². The maximum Gasteiger partial charge on any atom is 0.258 e. The van der Waals surface area contributed by atoms with Crippen molar-refractivity contribution in [3.63, 3.8) is 0 Å². The van der Waals surface area contributed by atoms with Crippen LogP contribution >= 0.6 is 7.14 Å². The molecule has 0 atom stereocenters. The molecule has 0 aliphatic heterocycles. The fraction of sp³-hybridized carbons (Fsp3) is 0.273. The summed E-state index contributed by atoms with van der Waals surface area (Å²) in [7, 11) is -2.33. The van der Waals surface area contributed by atoms with E-state index in [4.69, 9.17) is 0 Å². The molecule has 0 spiro atoms. The van der Waals surface area contributed by atoms with Crippen LogP contribution < -0.4 is 10.9 Å². The number of rotatable bonds is 1. The average molecular weight is 236 g/mol. The van der Waals surface area contributed by atoms with Crippen molar-refractivity contribution >= 4 is 23.3 Å². The second-order valence-electron chi connectivity index (χ2n) is 4.20. The van der Waals surface area contributed by atoms with Gasteiger partial charge in [0.2, 0.25) is 0 Å². The second-order valence-corrected chi connectivity index (χ2v) is 7.42. The third kappa shape index (κ3) is 1.93. The van der Waals surface area contributed by atoms with E-state index in [1.54, 1.807) is 38.5 Å². The van der Waals surface area contributed by atoms with Gasteiger partial charge in [0.25, 0.3) is 5.56 Å². The third-order valence-corrected chi connectivity index (χ3v) is 3.95. The molecular formula is C11H13N2O2P. The molecule has 84 valence electrons. The highest BCUT2D eigenvalue weighted by Crippen LogP contribution is 2.34. The summed E-state index contributed by atoms with van der Waals surface area (Å²) in [6.07, 6.45) is 0. The first-order valence-corrected chi connectivity index (χ1v) is 7.54. The van der Waals surface area contributed by atoms with E-state index < -0.39 is 7.14 Å². The summed E-state index contributed by atoms with van der Waals surface area (Å²) < 4.78 is 11.9. The first kappa shape index (κ1) is 11.1. The van der Waals surface area contributed by atoms with Crippen molar-refractivity contribution in [3.8, 4) is 0 Å². The monoisotopic (exact) mass is 236 g/mol. The Labute approximate surface area is 93.1 Å². The fourth-order valence-electron chi connectivity index (χ4n) is 1.58. The molecule has 0 radical (unpaired) electrons. The van der Waals surface area contributed by atoms with Crippen molar-refractivity contribution in [2.45, 2.75) is 6.92 Å². The van der Waals surface area contributed by atoms with E-state index in [1.807, 2.05) is 0 Å². The van der Waals surface area contributed by atoms with E-state index in [0.29, 0.717) is 22.0 Å². The zero-order chi connectivity index (χ0) is 11.9. The van der Waals surface area contributed by atoms with Gasteiger partial charge in [-0.3, -0.25) is 4.79 Å². The summed E-state index contributed by atoms with van der Waals surface area (Å²) in [5, 5.41) is 1.20. The molecule has 5 heteroatoms. The lowest BCUT2D eigenvalue weighted by atomic mass is 10.2. The van der Waals surface area contributed by atoms with Crippen molar-refractivity contribution < 1.29 is 4.57 Å². The van der Waals surface area contributed by atoms with Crippen molar-refractivity contribution in [1.82, 2.24) is 9.97 Å². The van der Waals surface area contributed by atoms with E-state index in [9.17, 15) is 9.36 Å². The quantitative estimate of drug-likeness (QED) is 0.763.